The highest BCUT2D eigenvalue weighted by molar-refractivity contribution is 5.83. The number of fused-ring (bicyclic) bond motifs is 2. The Labute approximate surface area is 127 Å². The summed E-state index contributed by atoms with van der Waals surface area (Å²) < 4.78 is 1.94. The van der Waals surface area contributed by atoms with Gasteiger partial charge in [-0.15, -0.1) is 0 Å². The van der Waals surface area contributed by atoms with Crippen molar-refractivity contribution in [2.24, 2.45) is 0 Å². The molecule has 0 radical (unpaired) electrons. The SMILES string of the molecule is C[C@@H](C(=O)N1CCc2nc[nH]c2C1)n1cnc2ccccc21. The normalized spacial score (nSPS) is 15.8. The van der Waals surface area contributed by atoms with Crippen molar-refractivity contribution in [3.05, 3.63) is 48.3 Å². The van der Waals surface area contributed by atoms with Gasteiger partial charge in [0.1, 0.15) is 6.04 Å². The molecule has 6 nitrogen and oxygen atoms in total. The summed E-state index contributed by atoms with van der Waals surface area (Å²) in [6.07, 6.45) is 4.26. The molecule has 1 aliphatic heterocycles. The van der Waals surface area contributed by atoms with Crippen LogP contribution in [-0.4, -0.2) is 36.9 Å². The molecule has 112 valence electrons. The number of nitrogens with one attached hydrogen (secondary N) is 1. The summed E-state index contributed by atoms with van der Waals surface area (Å²) in [5.41, 5.74) is 4.02. The molecule has 4 rings (SSSR count). The molecular formula is C16H17N5O. The number of H-pyrrole nitrogens is 1. The fraction of sp³-hybridized carbons (Fsp3) is 0.312. The van der Waals surface area contributed by atoms with Crippen molar-refractivity contribution in [3.8, 4) is 0 Å². The molecule has 1 aliphatic rings. The van der Waals surface area contributed by atoms with Gasteiger partial charge in [0.15, 0.2) is 0 Å². The van der Waals surface area contributed by atoms with Crippen LogP contribution in [0.15, 0.2) is 36.9 Å². The number of hydrogen-bond acceptors (Lipinski definition) is 3. The fourth-order valence-corrected chi connectivity index (χ4v) is 3.07. The predicted octanol–water partition coefficient (Wildman–Crippen LogP) is 1.91. The molecule has 22 heavy (non-hydrogen) atoms. The van der Waals surface area contributed by atoms with Gasteiger partial charge >= 0.3 is 0 Å². The van der Waals surface area contributed by atoms with Crippen LogP contribution in [0.1, 0.15) is 24.4 Å². The van der Waals surface area contributed by atoms with E-state index >= 15 is 0 Å². The number of hydrogen-bond donors (Lipinski definition) is 1. The number of nitrogens with zero attached hydrogens (tertiary/aromatic N) is 4. The van der Waals surface area contributed by atoms with E-state index in [0.29, 0.717) is 13.1 Å². The number of carbonyl (C=O) groups excluding carboxylic acids is 1. The summed E-state index contributed by atoms with van der Waals surface area (Å²) in [6.45, 7) is 3.25. The highest BCUT2D eigenvalue weighted by Crippen LogP contribution is 2.22. The number of benzene rings is 1. The van der Waals surface area contributed by atoms with Gasteiger partial charge in [0.2, 0.25) is 5.91 Å². The van der Waals surface area contributed by atoms with Gasteiger partial charge in [-0.25, -0.2) is 9.97 Å². The average molecular weight is 295 g/mol. The molecule has 6 heteroatoms. The molecule has 0 fully saturated rings. The van der Waals surface area contributed by atoms with Crippen LogP contribution in [0.4, 0.5) is 0 Å². The molecule has 0 bridgehead atoms. The first-order valence-electron chi connectivity index (χ1n) is 7.45. The molecule has 1 atom stereocenters. The second-order valence-electron chi connectivity index (χ2n) is 5.65. The van der Waals surface area contributed by atoms with Crippen LogP contribution >= 0.6 is 0 Å². The Bertz CT molecular complexity index is 834. The van der Waals surface area contributed by atoms with Crippen molar-refractivity contribution in [3.63, 3.8) is 0 Å². The lowest BCUT2D eigenvalue weighted by atomic mass is 10.1. The van der Waals surface area contributed by atoms with Gasteiger partial charge in [-0.2, -0.15) is 0 Å². The van der Waals surface area contributed by atoms with Gasteiger partial charge in [-0.05, 0) is 19.1 Å². The number of aromatic nitrogens is 4. The zero-order valence-electron chi connectivity index (χ0n) is 12.4. The number of rotatable bonds is 2. The summed E-state index contributed by atoms with van der Waals surface area (Å²) in [4.78, 5) is 26.5. The minimum Gasteiger partial charge on any atom is -0.347 e. The lowest BCUT2D eigenvalue weighted by Gasteiger charge is -2.29. The van der Waals surface area contributed by atoms with Crippen LogP contribution in [0, 0.1) is 0 Å². The number of imidazole rings is 2. The highest BCUT2D eigenvalue weighted by Gasteiger charge is 2.27. The van der Waals surface area contributed by atoms with E-state index in [1.54, 1.807) is 12.7 Å². The summed E-state index contributed by atoms with van der Waals surface area (Å²) in [7, 11) is 0. The largest absolute Gasteiger partial charge is 0.347 e. The second kappa shape index (κ2) is 4.98. The van der Waals surface area contributed by atoms with Gasteiger partial charge in [-0.3, -0.25) is 4.79 Å². The standard InChI is InChI=1S/C16H17N5O/c1-11(21-10-19-13-4-2-3-5-15(13)21)16(22)20-7-6-12-14(8-20)18-9-17-12/h2-5,9-11H,6-8H2,1H3,(H,17,18)/t11-/m0/s1. The van der Waals surface area contributed by atoms with Crippen molar-refractivity contribution < 1.29 is 4.79 Å². The topological polar surface area (TPSA) is 66.8 Å². The van der Waals surface area contributed by atoms with E-state index < -0.39 is 0 Å². The molecule has 0 saturated carbocycles. The van der Waals surface area contributed by atoms with Crippen molar-refractivity contribution >= 4 is 16.9 Å². The van der Waals surface area contributed by atoms with E-state index in [2.05, 4.69) is 15.0 Å². The number of carbonyl (C=O) groups is 1. The van der Waals surface area contributed by atoms with E-state index in [1.165, 1.54) is 0 Å². The zero-order chi connectivity index (χ0) is 15.1. The van der Waals surface area contributed by atoms with Crippen molar-refractivity contribution in [2.75, 3.05) is 6.54 Å². The van der Waals surface area contributed by atoms with E-state index in [0.717, 1.165) is 28.8 Å². The molecule has 2 aromatic heterocycles. The molecular weight excluding hydrogens is 278 g/mol. The minimum absolute atomic E-state index is 0.114. The van der Waals surface area contributed by atoms with Crippen LogP contribution in [0.2, 0.25) is 0 Å². The number of aromatic amines is 1. The number of para-hydroxylation sites is 2. The third-order valence-corrected chi connectivity index (χ3v) is 4.34. The van der Waals surface area contributed by atoms with Crippen molar-refractivity contribution in [2.45, 2.75) is 25.9 Å². The second-order valence-corrected chi connectivity index (χ2v) is 5.65. The first-order chi connectivity index (χ1) is 10.7. The Kier molecular flexibility index (Phi) is 2.96. The molecule has 3 heterocycles. The minimum atomic E-state index is -0.267. The lowest BCUT2D eigenvalue weighted by Crippen LogP contribution is -2.39. The maximum Gasteiger partial charge on any atom is 0.245 e. The van der Waals surface area contributed by atoms with Gasteiger partial charge in [0.05, 0.1) is 41.6 Å². The van der Waals surface area contributed by atoms with E-state index in [1.807, 2.05) is 40.7 Å². The summed E-state index contributed by atoms with van der Waals surface area (Å²) >= 11 is 0. The average Bonchev–Trinajstić information content (AvgIpc) is 3.19. The number of amides is 1. The Morgan fingerprint density at radius 2 is 2.18 bits per heavy atom. The molecule has 1 amide bonds. The molecule has 0 saturated heterocycles. The Morgan fingerprint density at radius 1 is 1.32 bits per heavy atom. The molecule has 0 spiro atoms. The van der Waals surface area contributed by atoms with E-state index in [-0.39, 0.29) is 11.9 Å². The summed E-state index contributed by atoms with van der Waals surface area (Å²) in [6, 6.07) is 7.61. The Balaban J connectivity index is 1.60. The van der Waals surface area contributed by atoms with Gasteiger partial charge in [0, 0.05) is 13.0 Å². The molecule has 0 unspecified atom stereocenters. The van der Waals surface area contributed by atoms with Crippen LogP contribution in [0.3, 0.4) is 0 Å². The monoisotopic (exact) mass is 295 g/mol. The third kappa shape index (κ3) is 1.99. The third-order valence-electron chi connectivity index (χ3n) is 4.34. The quantitative estimate of drug-likeness (QED) is 0.785. The van der Waals surface area contributed by atoms with Gasteiger partial charge in [-0.1, -0.05) is 12.1 Å². The van der Waals surface area contributed by atoms with Crippen LogP contribution in [-0.2, 0) is 17.8 Å². The zero-order valence-corrected chi connectivity index (χ0v) is 12.4. The summed E-state index contributed by atoms with van der Waals surface area (Å²) in [5.74, 6) is 0.114. The maximum absolute atomic E-state index is 12.8. The summed E-state index contributed by atoms with van der Waals surface area (Å²) in [5, 5.41) is 0. The van der Waals surface area contributed by atoms with E-state index in [4.69, 9.17) is 0 Å². The fourth-order valence-electron chi connectivity index (χ4n) is 3.07. The maximum atomic E-state index is 12.8. The van der Waals surface area contributed by atoms with Gasteiger partial charge < -0.3 is 14.5 Å². The van der Waals surface area contributed by atoms with Crippen molar-refractivity contribution in [1.29, 1.82) is 0 Å². The van der Waals surface area contributed by atoms with Crippen molar-refractivity contribution in [1.82, 2.24) is 24.4 Å². The first kappa shape index (κ1) is 13.1. The van der Waals surface area contributed by atoms with Crippen LogP contribution < -0.4 is 0 Å². The Hall–Kier alpha value is -2.63. The lowest BCUT2D eigenvalue weighted by molar-refractivity contribution is -0.135. The molecule has 3 aromatic rings. The molecule has 1 N–H and O–H groups in total. The Morgan fingerprint density at radius 3 is 3.09 bits per heavy atom. The first-order valence-corrected chi connectivity index (χ1v) is 7.45. The van der Waals surface area contributed by atoms with Crippen LogP contribution in [0.5, 0.6) is 0 Å². The highest BCUT2D eigenvalue weighted by atomic mass is 16.2. The molecule has 1 aromatic carbocycles. The van der Waals surface area contributed by atoms with Crippen LogP contribution in [0.25, 0.3) is 11.0 Å². The van der Waals surface area contributed by atoms with E-state index in [9.17, 15) is 4.79 Å². The molecule has 0 aliphatic carbocycles. The smallest absolute Gasteiger partial charge is 0.245 e. The predicted molar refractivity (Wildman–Crippen MR) is 82.2 cm³/mol. The van der Waals surface area contributed by atoms with Gasteiger partial charge in [0.25, 0.3) is 0 Å².